The van der Waals surface area contributed by atoms with E-state index in [0.29, 0.717) is 43.2 Å². The molecule has 2 aromatic rings. The zero-order valence-electron chi connectivity index (χ0n) is 16.9. The average Bonchev–Trinajstić information content (AvgIpc) is 3.12. The fraction of sp³-hybridized carbons (Fsp3) is 0.364. The van der Waals surface area contributed by atoms with E-state index in [1.54, 1.807) is 23.1 Å². The molecule has 1 saturated heterocycles. The number of amides is 2. The van der Waals surface area contributed by atoms with E-state index in [4.69, 9.17) is 14.2 Å². The van der Waals surface area contributed by atoms with E-state index < -0.39 is 0 Å². The molecule has 1 heterocycles. The molecule has 1 N–H and O–H groups in total. The second-order valence-corrected chi connectivity index (χ2v) is 6.75. The smallest absolute Gasteiger partial charge is 0.255 e. The highest BCUT2D eigenvalue weighted by Gasteiger charge is 2.31. The van der Waals surface area contributed by atoms with Crippen molar-refractivity contribution < 1.29 is 23.8 Å². The van der Waals surface area contributed by atoms with Crippen LogP contribution in [0.2, 0.25) is 0 Å². The highest BCUT2D eigenvalue weighted by atomic mass is 16.5. The van der Waals surface area contributed by atoms with Gasteiger partial charge in [-0.25, -0.2) is 0 Å². The molecule has 29 heavy (non-hydrogen) atoms. The second-order valence-electron chi connectivity index (χ2n) is 6.75. The molecule has 0 bridgehead atoms. The Bertz CT molecular complexity index is 866. The fourth-order valence-corrected chi connectivity index (χ4v) is 3.45. The normalized spacial score (nSPS) is 15.9. The van der Waals surface area contributed by atoms with Crippen LogP contribution in [-0.2, 0) is 4.79 Å². The lowest BCUT2D eigenvalue weighted by atomic mass is 10.1. The Morgan fingerprint density at radius 1 is 1.14 bits per heavy atom. The van der Waals surface area contributed by atoms with Gasteiger partial charge in [0.15, 0.2) is 11.5 Å². The molecule has 7 heteroatoms. The van der Waals surface area contributed by atoms with Gasteiger partial charge in [-0.2, -0.15) is 0 Å². The van der Waals surface area contributed by atoms with Gasteiger partial charge < -0.3 is 24.4 Å². The van der Waals surface area contributed by atoms with E-state index in [2.05, 4.69) is 5.32 Å². The van der Waals surface area contributed by atoms with Crippen LogP contribution in [0.5, 0.6) is 17.2 Å². The van der Waals surface area contributed by atoms with Crippen molar-refractivity contribution in [3.63, 3.8) is 0 Å². The standard InChI is InChI=1S/C22H26N2O5/c1-4-29-17-10-8-16(9-11-17)24-14-15(12-20(24)25)13-23-22(26)18-6-5-7-19(27-2)21(18)28-3/h5-11,15H,4,12-14H2,1-3H3,(H,23,26). The van der Waals surface area contributed by atoms with Crippen LogP contribution in [0.4, 0.5) is 5.69 Å². The Hall–Kier alpha value is -3.22. The third-order valence-corrected chi connectivity index (χ3v) is 4.86. The van der Waals surface area contributed by atoms with Crippen molar-refractivity contribution in [1.29, 1.82) is 0 Å². The van der Waals surface area contributed by atoms with Crippen molar-refractivity contribution in [3.8, 4) is 17.2 Å². The third kappa shape index (κ3) is 4.62. The quantitative estimate of drug-likeness (QED) is 0.740. The molecule has 1 unspecified atom stereocenters. The molecule has 0 aliphatic carbocycles. The van der Waals surface area contributed by atoms with Gasteiger partial charge in [0.1, 0.15) is 5.75 Å². The van der Waals surface area contributed by atoms with Crippen LogP contribution in [0.3, 0.4) is 0 Å². The first kappa shape index (κ1) is 20.5. The van der Waals surface area contributed by atoms with Gasteiger partial charge in [-0.05, 0) is 43.3 Å². The number of carbonyl (C=O) groups is 2. The average molecular weight is 398 g/mol. The van der Waals surface area contributed by atoms with Crippen LogP contribution in [0.15, 0.2) is 42.5 Å². The van der Waals surface area contributed by atoms with Gasteiger partial charge in [0.25, 0.3) is 5.91 Å². The summed E-state index contributed by atoms with van der Waals surface area (Å²) in [4.78, 5) is 26.8. The maximum Gasteiger partial charge on any atom is 0.255 e. The predicted octanol–water partition coefficient (Wildman–Crippen LogP) is 2.89. The number of rotatable bonds is 8. The first-order valence-corrected chi connectivity index (χ1v) is 9.59. The SMILES string of the molecule is CCOc1ccc(N2CC(CNC(=O)c3cccc(OC)c3OC)CC2=O)cc1. The molecule has 1 aliphatic rings. The Morgan fingerprint density at radius 3 is 2.55 bits per heavy atom. The maximum absolute atomic E-state index is 12.6. The van der Waals surface area contributed by atoms with Crippen molar-refractivity contribution >= 4 is 17.5 Å². The monoisotopic (exact) mass is 398 g/mol. The molecule has 1 atom stereocenters. The van der Waals surface area contributed by atoms with Gasteiger partial charge in [-0.3, -0.25) is 9.59 Å². The summed E-state index contributed by atoms with van der Waals surface area (Å²) in [7, 11) is 3.03. The van der Waals surface area contributed by atoms with Gasteiger partial charge >= 0.3 is 0 Å². The van der Waals surface area contributed by atoms with E-state index in [-0.39, 0.29) is 17.7 Å². The number of anilines is 1. The van der Waals surface area contributed by atoms with Crippen LogP contribution >= 0.6 is 0 Å². The van der Waals surface area contributed by atoms with Crippen molar-refractivity contribution in [2.45, 2.75) is 13.3 Å². The van der Waals surface area contributed by atoms with Crippen molar-refractivity contribution in [3.05, 3.63) is 48.0 Å². The fourth-order valence-electron chi connectivity index (χ4n) is 3.45. The molecule has 3 rings (SSSR count). The molecular formula is C22H26N2O5. The lowest BCUT2D eigenvalue weighted by molar-refractivity contribution is -0.117. The summed E-state index contributed by atoms with van der Waals surface area (Å²) in [5, 5.41) is 2.91. The van der Waals surface area contributed by atoms with Crippen LogP contribution < -0.4 is 24.4 Å². The molecule has 1 aliphatic heterocycles. The molecule has 0 spiro atoms. The van der Waals surface area contributed by atoms with E-state index in [1.807, 2.05) is 31.2 Å². The van der Waals surface area contributed by atoms with E-state index in [1.165, 1.54) is 14.2 Å². The number of carbonyl (C=O) groups excluding carboxylic acids is 2. The molecule has 0 saturated carbocycles. The number of nitrogens with one attached hydrogen (secondary N) is 1. The summed E-state index contributed by atoms with van der Waals surface area (Å²) in [5.41, 5.74) is 1.24. The topological polar surface area (TPSA) is 77.1 Å². The minimum atomic E-state index is -0.257. The first-order valence-electron chi connectivity index (χ1n) is 9.59. The van der Waals surface area contributed by atoms with Gasteiger partial charge in [-0.1, -0.05) is 6.07 Å². The molecule has 0 aromatic heterocycles. The largest absolute Gasteiger partial charge is 0.494 e. The third-order valence-electron chi connectivity index (χ3n) is 4.86. The van der Waals surface area contributed by atoms with E-state index in [0.717, 1.165) is 11.4 Å². The Kier molecular flexibility index (Phi) is 6.59. The number of benzene rings is 2. The van der Waals surface area contributed by atoms with Crippen molar-refractivity contribution in [2.24, 2.45) is 5.92 Å². The van der Waals surface area contributed by atoms with E-state index in [9.17, 15) is 9.59 Å². The summed E-state index contributed by atoms with van der Waals surface area (Å²) in [6, 6.07) is 12.6. The minimum Gasteiger partial charge on any atom is -0.494 e. The molecule has 2 aromatic carbocycles. The number of ether oxygens (including phenoxy) is 3. The van der Waals surface area contributed by atoms with Gasteiger partial charge in [0.05, 0.1) is 26.4 Å². The number of nitrogens with zero attached hydrogens (tertiary/aromatic N) is 1. The Morgan fingerprint density at radius 2 is 1.90 bits per heavy atom. The minimum absolute atomic E-state index is 0.0367. The first-order chi connectivity index (χ1) is 14.1. The lowest BCUT2D eigenvalue weighted by Gasteiger charge is -2.18. The molecule has 0 radical (unpaired) electrons. The van der Waals surface area contributed by atoms with Crippen molar-refractivity contribution in [2.75, 3.05) is 38.8 Å². The molecule has 154 valence electrons. The van der Waals surface area contributed by atoms with Crippen LogP contribution in [-0.4, -0.2) is 45.7 Å². The van der Waals surface area contributed by atoms with Gasteiger partial charge in [0, 0.05) is 31.1 Å². The summed E-state index contributed by atoms with van der Waals surface area (Å²) >= 11 is 0. The molecule has 7 nitrogen and oxygen atoms in total. The molecule has 1 fully saturated rings. The van der Waals surface area contributed by atoms with E-state index >= 15 is 0 Å². The van der Waals surface area contributed by atoms with Gasteiger partial charge in [0.2, 0.25) is 5.91 Å². The summed E-state index contributed by atoms with van der Waals surface area (Å²) in [5.74, 6) is 1.50. The van der Waals surface area contributed by atoms with Gasteiger partial charge in [-0.15, -0.1) is 0 Å². The van der Waals surface area contributed by atoms with Crippen LogP contribution in [0.1, 0.15) is 23.7 Å². The number of hydrogen-bond donors (Lipinski definition) is 1. The zero-order valence-corrected chi connectivity index (χ0v) is 16.9. The Labute approximate surface area is 170 Å². The summed E-state index contributed by atoms with van der Waals surface area (Å²) in [6.45, 7) is 3.49. The number of para-hydroxylation sites is 1. The molecular weight excluding hydrogens is 372 g/mol. The summed E-state index contributed by atoms with van der Waals surface area (Å²) in [6.07, 6.45) is 0.392. The number of hydrogen-bond acceptors (Lipinski definition) is 5. The second kappa shape index (κ2) is 9.32. The lowest BCUT2D eigenvalue weighted by Crippen LogP contribution is -2.31. The molecule has 2 amide bonds. The van der Waals surface area contributed by atoms with Crippen LogP contribution in [0.25, 0.3) is 0 Å². The highest BCUT2D eigenvalue weighted by Crippen LogP contribution is 2.31. The Balaban J connectivity index is 1.61. The summed E-state index contributed by atoms with van der Waals surface area (Å²) < 4.78 is 16.0. The maximum atomic E-state index is 12.6. The zero-order chi connectivity index (χ0) is 20.8. The number of methoxy groups -OCH3 is 2. The predicted molar refractivity (Wildman–Crippen MR) is 110 cm³/mol. The van der Waals surface area contributed by atoms with Crippen LogP contribution in [0, 0.1) is 5.92 Å². The highest BCUT2D eigenvalue weighted by molar-refractivity contribution is 5.98. The van der Waals surface area contributed by atoms with Crippen molar-refractivity contribution in [1.82, 2.24) is 5.32 Å².